The fraction of sp³-hybridized carbons (Fsp3) is 1.00. The summed E-state index contributed by atoms with van der Waals surface area (Å²) in [6, 6.07) is 0. The third-order valence-corrected chi connectivity index (χ3v) is 4.26. The van der Waals surface area contributed by atoms with Gasteiger partial charge < -0.3 is 15.3 Å². The number of hydrogen-bond donors (Lipinski definition) is 3. The van der Waals surface area contributed by atoms with Crippen molar-refractivity contribution in [3.63, 3.8) is 0 Å². The lowest BCUT2D eigenvalue weighted by molar-refractivity contribution is 0.0382. The third-order valence-electron chi connectivity index (χ3n) is 2.71. The molecule has 0 spiro atoms. The first-order valence-electron chi connectivity index (χ1n) is 6.05. The lowest BCUT2D eigenvalue weighted by Gasteiger charge is -2.30. The van der Waals surface area contributed by atoms with E-state index in [1.54, 1.807) is 6.92 Å². The lowest BCUT2D eigenvalue weighted by atomic mass is 10.1. The number of rotatable bonds is 6. The molecule has 1 heterocycles. The molecule has 1 aliphatic rings. The summed E-state index contributed by atoms with van der Waals surface area (Å²) < 4.78 is 27.8. The molecule has 0 aliphatic carbocycles. The van der Waals surface area contributed by atoms with Gasteiger partial charge in [0.25, 0.3) is 10.2 Å². The molecule has 7 nitrogen and oxygen atoms in total. The largest absolute Gasteiger partial charge is 0.387 e. The van der Waals surface area contributed by atoms with Gasteiger partial charge in [-0.2, -0.15) is 17.4 Å². The molecular weight excluding hydrogens is 256 g/mol. The Bertz CT molecular complexity index is 350. The van der Waals surface area contributed by atoms with E-state index < -0.39 is 15.8 Å². The molecule has 0 amide bonds. The van der Waals surface area contributed by atoms with Crippen molar-refractivity contribution < 1.29 is 13.5 Å². The molecule has 1 unspecified atom stereocenters. The van der Waals surface area contributed by atoms with Gasteiger partial charge in [-0.1, -0.05) is 0 Å². The fourth-order valence-electron chi connectivity index (χ4n) is 1.96. The third kappa shape index (κ3) is 5.17. The molecule has 0 aromatic carbocycles. The van der Waals surface area contributed by atoms with Crippen molar-refractivity contribution in [2.45, 2.75) is 12.5 Å². The molecule has 0 aromatic heterocycles. The van der Waals surface area contributed by atoms with Crippen molar-refractivity contribution in [3.8, 4) is 0 Å². The summed E-state index contributed by atoms with van der Waals surface area (Å²) in [7, 11) is 0.178. The highest BCUT2D eigenvalue weighted by atomic mass is 32.2. The lowest BCUT2D eigenvalue weighted by Crippen LogP contribution is -2.54. The number of hydrogen-bond acceptors (Lipinski definition) is 5. The second-order valence-electron chi connectivity index (χ2n) is 5.21. The van der Waals surface area contributed by atoms with Crippen LogP contribution in [-0.4, -0.2) is 81.7 Å². The van der Waals surface area contributed by atoms with Crippen LogP contribution >= 0.6 is 0 Å². The van der Waals surface area contributed by atoms with Crippen LogP contribution in [0.2, 0.25) is 0 Å². The predicted molar refractivity (Wildman–Crippen MR) is 70.5 cm³/mol. The molecule has 0 aromatic rings. The molecule has 18 heavy (non-hydrogen) atoms. The normalized spacial score (nSPS) is 22.1. The van der Waals surface area contributed by atoms with Crippen LogP contribution in [0, 0.1) is 0 Å². The second kappa shape index (κ2) is 6.27. The van der Waals surface area contributed by atoms with Gasteiger partial charge in [0.05, 0.1) is 5.60 Å². The molecule has 1 atom stereocenters. The Morgan fingerprint density at radius 3 is 2.44 bits per heavy atom. The van der Waals surface area contributed by atoms with Gasteiger partial charge in [0.1, 0.15) is 0 Å². The Labute approximate surface area is 109 Å². The highest BCUT2D eigenvalue weighted by Crippen LogP contribution is 2.06. The topological polar surface area (TPSA) is 84.9 Å². The molecule has 3 N–H and O–H groups in total. The van der Waals surface area contributed by atoms with E-state index in [4.69, 9.17) is 0 Å². The summed E-state index contributed by atoms with van der Waals surface area (Å²) in [6.45, 7) is 4.28. The fourth-order valence-corrected chi connectivity index (χ4v) is 3.30. The average Bonchev–Trinajstić information content (AvgIpc) is 2.26. The minimum absolute atomic E-state index is 0.0114. The molecule has 0 saturated carbocycles. The first kappa shape index (κ1) is 15.8. The molecule has 1 aliphatic heterocycles. The van der Waals surface area contributed by atoms with E-state index in [9.17, 15) is 13.5 Å². The van der Waals surface area contributed by atoms with E-state index in [2.05, 4.69) is 10.0 Å². The number of nitrogens with zero attached hydrogens (tertiary/aromatic N) is 2. The second-order valence-corrected chi connectivity index (χ2v) is 6.97. The van der Waals surface area contributed by atoms with Crippen molar-refractivity contribution in [3.05, 3.63) is 0 Å². The van der Waals surface area contributed by atoms with Crippen LogP contribution in [0.1, 0.15) is 6.92 Å². The van der Waals surface area contributed by atoms with E-state index in [-0.39, 0.29) is 6.54 Å². The van der Waals surface area contributed by atoms with Crippen molar-refractivity contribution in [1.82, 2.24) is 19.2 Å². The van der Waals surface area contributed by atoms with Gasteiger partial charge >= 0.3 is 0 Å². The van der Waals surface area contributed by atoms with Gasteiger partial charge in [-0.05, 0) is 21.0 Å². The smallest absolute Gasteiger partial charge is 0.279 e. The van der Waals surface area contributed by atoms with Crippen LogP contribution in [0.15, 0.2) is 0 Å². The van der Waals surface area contributed by atoms with Crippen molar-refractivity contribution in [1.29, 1.82) is 0 Å². The van der Waals surface area contributed by atoms with Gasteiger partial charge in [0.2, 0.25) is 0 Å². The summed E-state index contributed by atoms with van der Waals surface area (Å²) in [5.74, 6) is 0. The average molecular weight is 280 g/mol. The molecular formula is C10H24N4O3S. The molecule has 1 rings (SSSR count). The first-order chi connectivity index (χ1) is 8.23. The number of aliphatic hydroxyl groups is 1. The van der Waals surface area contributed by atoms with Crippen LogP contribution < -0.4 is 10.0 Å². The number of likely N-dealkylation sites (N-methyl/N-ethyl adjacent to an activating group) is 1. The van der Waals surface area contributed by atoms with E-state index in [0.29, 0.717) is 32.7 Å². The Morgan fingerprint density at radius 2 is 1.94 bits per heavy atom. The molecule has 108 valence electrons. The molecule has 8 heteroatoms. The SMILES string of the molecule is CN(C)CC(C)(O)CNS(=O)(=O)N1CCNCC1. The maximum atomic E-state index is 12.0. The zero-order valence-corrected chi connectivity index (χ0v) is 12.1. The zero-order valence-electron chi connectivity index (χ0n) is 11.3. The Hall–Kier alpha value is -0.250. The van der Waals surface area contributed by atoms with E-state index in [1.807, 2.05) is 19.0 Å². The van der Waals surface area contributed by atoms with Crippen molar-refractivity contribution in [2.75, 3.05) is 53.4 Å². The predicted octanol–water partition coefficient (Wildman–Crippen LogP) is -1.96. The zero-order chi connectivity index (χ0) is 13.8. The molecule has 0 bridgehead atoms. The summed E-state index contributed by atoms with van der Waals surface area (Å²) in [4.78, 5) is 1.82. The standard InChI is InChI=1S/C10H24N4O3S/c1-10(15,9-13(2)3)8-12-18(16,17)14-6-4-11-5-7-14/h11-12,15H,4-9H2,1-3H3. The highest BCUT2D eigenvalue weighted by molar-refractivity contribution is 7.87. The number of nitrogens with one attached hydrogen (secondary N) is 2. The van der Waals surface area contributed by atoms with E-state index in [1.165, 1.54) is 4.31 Å². The first-order valence-corrected chi connectivity index (χ1v) is 7.49. The van der Waals surface area contributed by atoms with Crippen LogP contribution in [0.5, 0.6) is 0 Å². The van der Waals surface area contributed by atoms with Gasteiger partial charge in [-0.3, -0.25) is 0 Å². The van der Waals surface area contributed by atoms with Crippen molar-refractivity contribution >= 4 is 10.2 Å². The van der Waals surface area contributed by atoms with Crippen molar-refractivity contribution in [2.24, 2.45) is 0 Å². The summed E-state index contributed by atoms with van der Waals surface area (Å²) in [5, 5.41) is 13.1. The Morgan fingerprint density at radius 1 is 1.39 bits per heavy atom. The van der Waals surface area contributed by atoms with Crippen LogP contribution in [0.25, 0.3) is 0 Å². The summed E-state index contributed by atoms with van der Waals surface area (Å²) in [6.07, 6.45) is 0. The van der Waals surface area contributed by atoms with E-state index >= 15 is 0 Å². The summed E-state index contributed by atoms with van der Waals surface area (Å²) >= 11 is 0. The molecule has 1 saturated heterocycles. The van der Waals surface area contributed by atoms with Gasteiger partial charge in [0, 0.05) is 39.3 Å². The minimum atomic E-state index is -3.49. The maximum absolute atomic E-state index is 12.0. The Kier molecular flexibility index (Phi) is 5.50. The molecule has 1 fully saturated rings. The quantitative estimate of drug-likeness (QED) is 0.526. The molecule has 0 radical (unpaired) electrons. The summed E-state index contributed by atoms with van der Waals surface area (Å²) in [5.41, 5.74) is -1.08. The van der Waals surface area contributed by atoms with Crippen LogP contribution in [0.4, 0.5) is 0 Å². The van der Waals surface area contributed by atoms with E-state index in [0.717, 1.165) is 0 Å². The maximum Gasteiger partial charge on any atom is 0.279 e. The van der Waals surface area contributed by atoms with Gasteiger partial charge in [0.15, 0.2) is 0 Å². The van der Waals surface area contributed by atoms with Gasteiger partial charge in [-0.15, -0.1) is 0 Å². The number of piperazine rings is 1. The van der Waals surface area contributed by atoms with Gasteiger partial charge in [-0.25, -0.2) is 0 Å². The Balaban J connectivity index is 2.50. The minimum Gasteiger partial charge on any atom is -0.387 e. The van der Waals surface area contributed by atoms with Crippen LogP contribution in [0.3, 0.4) is 0 Å². The highest BCUT2D eigenvalue weighted by Gasteiger charge is 2.28. The van der Waals surface area contributed by atoms with Crippen LogP contribution in [-0.2, 0) is 10.2 Å². The monoisotopic (exact) mass is 280 g/mol.